The maximum absolute atomic E-state index is 9.33. The van der Waals surface area contributed by atoms with Crippen LogP contribution in [0.4, 0.5) is 0 Å². The van der Waals surface area contributed by atoms with Gasteiger partial charge >= 0.3 is 0 Å². The van der Waals surface area contributed by atoms with Gasteiger partial charge in [-0.05, 0) is 35.4 Å². The van der Waals surface area contributed by atoms with Crippen molar-refractivity contribution in [1.82, 2.24) is 10.2 Å². The molecule has 0 amide bonds. The lowest BCUT2D eigenvalue weighted by Gasteiger charge is -2.22. The van der Waals surface area contributed by atoms with Gasteiger partial charge in [-0.1, -0.05) is 18.2 Å². The van der Waals surface area contributed by atoms with Gasteiger partial charge in [-0.2, -0.15) is 0 Å². The zero-order chi connectivity index (χ0) is 16.9. The van der Waals surface area contributed by atoms with E-state index in [2.05, 4.69) is 10.3 Å². The summed E-state index contributed by atoms with van der Waals surface area (Å²) in [7, 11) is 3.74. The Labute approximate surface area is 164 Å². The number of halogens is 1. The van der Waals surface area contributed by atoms with Gasteiger partial charge in [0.2, 0.25) is 6.79 Å². The third-order valence-electron chi connectivity index (χ3n) is 3.82. The van der Waals surface area contributed by atoms with Crippen molar-refractivity contribution < 1.29 is 14.6 Å². The molecular weight excluding hydrogens is 433 g/mol. The Hall–Kier alpha value is -2.16. The van der Waals surface area contributed by atoms with Crippen LogP contribution in [-0.4, -0.2) is 36.9 Å². The number of nitrogens with zero attached hydrogens (tertiary/aromatic N) is 2. The first-order chi connectivity index (χ1) is 11.7. The highest BCUT2D eigenvalue weighted by molar-refractivity contribution is 14.0. The average molecular weight is 455 g/mol. The Kier molecular flexibility index (Phi) is 6.74. The summed E-state index contributed by atoms with van der Waals surface area (Å²) in [6.07, 6.45) is 0. The fourth-order valence-corrected chi connectivity index (χ4v) is 2.57. The number of guanidine groups is 1. The van der Waals surface area contributed by atoms with Crippen LogP contribution in [0.15, 0.2) is 47.5 Å². The van der Waals surface area contributed by atoms with E-state index in [1.54, 1.807) is 19.2 Å². The van der Waals surface area contributed by atoms with Crippen molar-refractivity contribution in [2.75, 3.05) is 20.9 Å². The van der Waals surface area contributed by atoms with Gasteiger partial charge in [0.25, 0.3) is 0 Å². The third-order valence-corrected chi connectivity index (χ3v) is 3.82. The number of phenols is 1. The second kappa shape index (κ2) is 8.80. The predicted octanol–water partition coefficient (Wildman–Crippen LogP) is 2.95. The van der Waals surface area contributed by atoms with Crippen LogP contribution in [0, 0.1) is 0 Å². The molecule has 6 nitrogen and oxygen atoms in total. The number of rotatable bonds is 4. The smallest absolute Gasteiger partial charge is 0.231 e. The summed E-state index contributed by atoms with van der Waals surface area (Å²) in [5.74, 6) is 2.63. The lowest BCUT2D eigenvalue weighted by atomic mass is 10.2. The molecule has 3 rings (SSSR count). The summed E-state index contributed by atoms with van der Waals surface area (Å²) in [5.41, 5.74) is 2.19. The van der Waals surface area contributed by atoms with Gasteiger partial charge in [-0.25, -0.2) is 0 Å². The number of phenolic OH excluding ortho intramolecular Hbond substituents is 1. The maximum atomic E-state index is 9.33. The normalized spacial score (nSPS) is 12.5. The van der Waals surface area contributed by atoms with Gasteiger partial charge in [-0.15, -0.1) is 24.0 Å². The van der Waals surface area contributed by atoms with Gasteiger partial charge in [-0.3, -0.25) is 4.99 Å². The molecule has 1 aliphatic heterocycles. The molecule has 0 atom stereocenters. The molecule has 0 radical (unpaired) electrons. The highest BCUT2D eigenvalue weighted by atomic mass is 127. The highest BCUT2D eigenvalue weighted by Gasteiger charge is 2.14. The van der Waals surface area contributed by atoms with Gasteiger partial charge in [0, 0.05) is 27.2 Å². The molecule has 0 aliphatic carbocycles. The Morgan fingerprint density at radius 2 is 1.80 bits per heavy atom. The molecule has 2 aromatic rings. The number of nitrogens with one attached hydrogen (secondary N) is 1. The molecule has 134 valence electrons. The molecule has 0 saturated heterocycles. The summed E-state index contributed by atoms with van der Waals surface area (Å²) in [6.45, 7) is 1.62. The molecule has 1 heterocycles. The largest absolute Gasteiger partial charge is 0.508 e. The standard InChI is InChI=1S/C18H21N3O3.HI/c1-19-18(20-10-13-3-6-15(22)7-4-13)21(2)11-14-5-8-16-17(9-14)24-12-23-16;/h3-9,22H,10-12H2,1-2H3,(H,19,20);1H. The number of ether oxygens (including phenoxy) is 2. The lowest BCUT2D eigenvalue weighted by Crippen LogP contribution is -2.38. The summed E-state index contributed by atoms with van der Waals surface area (Å²) >= 11 is 0. The molecule has 2 aromatic carbocycles. The Balaban J connectivity index is 0.00000225. The third kappa shape index (κ3) is 4.91. The van der Waals surface area contributed by atoms with Crippen molar-refractivity contribution in [1.29, 1.82) is 0 Å². The molecule has 1 aliphatic rings. The van der Waals surface area contributed by atoms with E-state index in [-0.39, 0.29) is 36.5 Å². The molecule has 0 spiro atoms. The van der Waals surface area contributed by atoms with Crippen molar-refractivity contribution in [2.45, 2.75) is 13.1 Å². The molecule has 0 unspecified atom stereocenters. The van der Waals surface area contributed by atoms with E-state index in [4.69, 9.17) is 9.47 Å². The van der Waals surface area contributed by atoms with E-state index in [9.17, 15) is 5.11 Å². The van der Waals surface area contributed by atoms with E-state index in [1.165, 1.54) is 0 Å². The van der Waals surface area contributed by atoms with Crippen molar-refractivity contribution in [3.63, 3.8) is 0 Å². The maximum Gasteiger partial charge on any atom is 0.231 e. The van der Waals surface area contributed by atoms with Crippen LogP contribution >= 0.6 is 24.0 Å². The van der Waals surface area contributed by atoms with E-state index >= 15 is 0 Å². The summed E-state index contributed by atoms with van der Waals surface area (Å²) in [5, 5.41) is 12.6. The number of hydrogen-bond donors (Lipinski definition) is 2. The first kappa shape index (κ1) is 19.2. The Bertz CT molecular complexity index is 735. The second-order valence-corrected chi connectivity index (χ2v) is 5.61. The minimum Gasteiger partial charge on any atom is -0.508 e. The summed E-state index contributed by atoms with van der Waals surface area (Å²) < 4.78 is 10.7. The van der Waals surface area contributed by atoms with Crippen LogP contribution < -0.4 is 14.8 Å². The van der Waals surface area contributed by atoms with Gasteiger partial charge < -0.3 is 24.8 Å². The van der Waals surface area contributed by atoms with Gasteiger partial charge in [0.15, 0.2) is 17.5 Å². The molecule has 0 saturated carbocycles. The molecule has 0 fully saturated rings. The minimum absolute atomic E-state index is 0. The number of aliphatic imine (C=N–C) groups is 1. The molecular formula is C18H22IN3O3. The fraction of sp³-hybridized carbons (Fsp3) is 0.278. The predicted molar refractivity (Wildman–Crippen MR) is 108 cm³/mol. The van der Waals surface area contributed by atoms with Crippen LogP contribution in [0.3, 0.4) is 0 Å². The molecule has 0 aromatic heterocycles. The van der Waals surface area contributed by atoms with Gasteiger partial charge in [0.1, 0.15) is 5.75 Å². The van der Waals surface area contributed by atoms with Crippen molar-refractivity contribution in [3.05, 3.63) is 53.6 Å². The number of fused-ring (bicyclic) bond motifs is 1. The van der Waals surface area contributed by atoms with Gasteiger partial charge in [0.05, 0.1) is 0 Å². The van der Waals surface area contributed by atoms with E-state index in [1.807, 2.05) is 42.3 Å². The van der Waals surface area contributed by atoms with Crippen LogP contribution in [-0.2, 0) is 13.1 Å². The van der Waals surface area contributed by atoms with E-state index < -0.39 is 0 Å². The van der Waals surface area contributed by atoms with Crippen LogP contribution in [0.1, 0.15) is 11.1 Å². The first-order valence-electron chi connectivity index (χ1n) is 7.74. The number of benzene rings is 2. The summed E-state index contributed by atoms with van der Waals surface area (Å²) in [6, 6.07) is 13.1. The van der Waals surface area contributed by atoms with Crippen molar-refractivity contribution in [3.8, 4) is 17.2 Å². The number of hydrogen-bond acceptors (Lipinski definition) is 4. The monoisotopic (exact) mass is 455 g/mol. The van der Waals surface area contributed by atoms with E-state index in [0.717, 1.165) is 28.6 Å². The molecule has 7 heteroatoms. The Morgan fingerprint density at radius 3 is 2.52 bits per heavy atom. The summed E-state index contributed by atoms with van der Waals surface area (Å²) in [4.78, 5) is 6.36. The first-order valence-corrected chi connectivity index (χ1v) is 7.74. The second-order valence-electron chi connectivity index (χ2n) is 5.61. The van der Waals surface area contributed by atoms with Crippen molar-refractivity contribution in [2.24, 2.45) is 4.99 Å². The average Bonchev–Trinajstić information content (AvgIpc) is 3.05. The van der Waals surface area contributed by atoms with E-state index in [0.29, 0.717) is 13.1 Å². The SMILES string of the molecule is CN=C(NCc1ccc(O)cc1)N(C)Cc1ccc2c(c1)OCO2.I. The van der Waals surface area contributed by atoms with Crippen molar-refractivity contribution >= 4 is 29.9 Å². The minimum atomic E-state index is 0. The van der Waals surface area contributed by atoms with Crippen LogP contribution in [0.5, 0.6) is 17.2 Å². The lowest BCUT2D eigenvalue weighted by molar-refractivity contribution is 0.174. The fourth-order valence-electron chi connectivity index (χ4n) is 2.57. The van der Waals surface area contributed by atoms with Crippen LogP contribution in [0.25, 0.3) is 0 Å². The number of aromatic hydroxyl groups is 1. The zero-order valence-electron chi connectivity index (χ0n) is 14.2. The molecule has 25 heavy (non-hydrogen) atoms. The Morgan fingerprint density at radius 1 is 1.12 bits per heavy atom. The molecule has 0 bridgehead atoms. The van der Waals surface area contributed by atoms with Crippen LogP contribution in [0.2, 0.25) is 0 Å². The molecule has 2 N–H and O–H groups in total. The zero-order valence-corrected chi connectivity index (χ0v) is 16.6. The highest BCUT2D eigenvalue weighted by Crippen LogP contribution is 2.32. The quantitative estimate of drug-likeness (QED) is 0.422. The topological polar surface area (TPSA) is 66.3 Å².